The first kappa shape index (κ1) is 21.8. The quantitative estimate of drug-likeness (QED) is 0.597. The highest BCUT2D eigenvalue weighted by Crippen LogP contribution is 2.16. The minimum absolute atomic E-state index is 0.0264. The molecule has 0 aromatic heterocycles. The first-order chi connectivity index (χ1) is 12.3. The minimum Gasteiger partial charge on any atom is -0.493 e. The number of unbranched alkanes of at least 4 members (excludes halogenated alkanes) is 5. The van der Waals surface area contributed by atoms with Crippen LogP contribution in [0.4, 0.5) is 9.18 Å². The molecule has 26 heavy (non-hydrogen) atoms. The molecule has 0 bridgehead atoms. The van der Waals surface area contributed by atoms with Gasteiger partial charge in [-0.25, -0.2) is 9.18 Å². The van der Waals surface area contributed by atoms with Crippen molar-refractivity contribution >= 4 is 6.09 Å². The van der Waals surface area contributed by atoms with E-state index in [0.717, 1.165) is 38.5 Å². The van der Waals surface area contributed by atoms with Gasteiger partial charge in [-0.3, -0.25) is 0 Å². The minimum atomic E-state index is -0.551. The van der Waals surface area contributed by atoms with Crippen LogP contribution in [0.25, 0.3) is 0 Å². The van der Waals surface area contributed by atoms with Crippen LogP contribution in [-0.4, -0.2) is 24.8 Å². The number of rotatable bonds is 10. The number of nitrogens with zero attached hydrogens (tertiary/aromatic N) is 1. The summed E-state index contributed by atoms with van der Waals surface area (Å²) in [7, 11) is 0. The van der Waals surface area contributed by atoms with Crippen molar-refractivity contribution in [2.45, 2.75) is 64.9 Å². The Hall–Kier alpha value is -2.29. The smallest absolute Gasteiger partial charge is 0.407 e. The van der Waals surface area contributed by atoms with Gasteiger partial charge >= 0.3 is 6.09 Å². The zero-order chi connectivity index (χ0) is 19.4. The summed E-state index contributed by atoms with van der Waals surface area (Å²) < 4.78 is 24.1. The highest BCUT2D eigenvalue weighted by Gasteiger charge is 2.15. The van der Waals surface area contributed by atoms with E-state index in [1.54, 1.807) is 12.1 Å². The molecule has 0 unspecified atom stereocenters. The molecule has 0 fully saturated rings. The van der Waals surface area contributed by atoms with E-state index in [0.29, 0.717) is 18.9 Å². The van der Waals surface area contributed by atoms with E-state index in [1.165, 1.54) is 12.1 Å². The number of benzene rings is 1. The summed E-state index contributed by atoms with van der Waals surface area (Å²) in [6.45, 7) is 6.68. The maximum atomic E-state index is 13.4. The Kier molecular flexibility index (Phi) is 9.50. The molecule has 0 spiro atoms. The second-order valence-electron chi connectivity index (χ2n) is 7.15. The maximum absolute atomic E-state index is 13.4. The lowest BCUT2D eigenvalue weighted by atomic mass is 10.1. The van der Waals surface area contributed by atoms with Crippen molar-refractivity contribution in [1.82, 2.24) is 5.32 Å². The normalized spacial score (nSPS) is 10.9. The molecule has 0 aliphatic carbocycles. The van der Waals surface area contributed by atoms with Crippen molar-refractivity contribution in [3.05, 3.63) is 29.6 Å². The van der Waals surface area contributed by atoms with E-state index < -0.39 is 11.4 Å². The van der Waals surface area contributed by atoms with Crippen molar-refractivity contribution in [3.8, 4) is 11.8 Å². The Bertz CT molecular complexity index is 606. The molecular formula is C20H29FN2O3. The van der Waals surface area contributed by atoms with E-state index in [2.05, 4.69) is 5.32 Å². The predicted molar refractivity (Wildman–Crippen MR) is 98.5 cm³/mol. The molecule has 0 saturated carbocycles. The number of carbonyl (C=O) groups is 1. The van der Waals surface area contributed by atoms with Crippen LogP contribution in [0.2, 0.25) is 0 Å². The molecule has 1 rings (SSSR count). The van der Waals surface area contributed by atoms with E-state index in [4.69, 9.17) is 14.7 Å². The average molecular weight is 364 g/mol. The fraction of sp³-hybridized carbons (Fsp3) is 0.600. The van der Waals surface area contributed by atoms with Gasteiger partial charge < -0.3 is 14.8 Å². The van der Waals surface area contributed by atoms with Gasteiger partial charge in [0.1, 0.15) is 23.2 Å². The number of nitrogens with one attached hydrogen (secondary N) is 1. The Labute approximate surface area is 155 Å². The number of halogens is 1. The third-order valence-electron chi connectivity index (χ3n) is 3.57. The van der Waals surface area contributed by atoms with Gasteiger partial charge in [0.15, 0.2) is 0 Å². The van der Waals surface area contributed by atoms with Crippen LogP contribution >= 0.6 is 0 Å². The molecule has 0 saturated heterocycles. The molecule has 1 N–H and O–H groups in total. The topological polar surface area (TPSA) is 71.3 Å². The summed E-state index contributed by atoms with van der Waals surface area (Å²) in [5.41, 5.74) is -0.436. The Morgan fingerprint density at radius 2 is 1.81 bits per heavy atom. The lowest BCUT2D eigenvalue weighted by molar-refractivity contribution is 0.0527. The molecule has 0 aliphatic rings. The number of amides is 1. The van der Waals surface area contributed by atoms with Gasteiger partial charge in [-0.05, 0) is 45.7 Å². The standard InChI is InChI=1S/C20H29FN2O3/c1-20(2,3)26-19(24)23-12-8-6-4-5-7-9-13-25-17-11-10-16(15-22)18(21)14-17/h10-11,14H,4-9,12-13H2,1-3H3,(H,23,24). The number of ether oxygens (including phenoxy) is 2. The van der Waals surface area contributed by atoms with Gasteiger partial charge in [0, 0.05) is 12.6 Å². The van der Waals surface area contributed by atoms with Crippen LogP contribution < -0.4 is 10.1 Å². The van der Waals surface area contributed by atoms with E-state index in [1.807, 2.05) is 20.8 Å². The van der Waals surface area contributed by atoms with Gasteiger partial charge in [0.05, 0.1) is 12.2 Å². The molecule has 0 heterocycles. The maximum Gasteiger partial charge on any atom is 0.407 e. The molecule has 6 heteroatoms. The van der Waals surface area contributed by atoms with Crippen LogP contribution in [0.15, 0.2) is 18.2 Å². The second kappa shape index (κ2) is 11.3. The summed E-state index contributed by atoms with van der Waals surface area (Å²) >= 11 is 0. The molecule has 0 aliphatic heterocycles. The molecule has 0 atom stereocenters. The van der Waals surface area contributed by atoms with Gasteiger partial charge in [-0.15, -0.1) is 0 Å². The molecular weight excluding hydrogens is 335 g/mol. The fourth-order valence-corrected chi connectivity index (χ4v) is 2.31. The zero-order valence-electron chi connectivity index (χ0n) is 15.9. The van der Waals surface area contributed by atoms with Crippen LogP contribution in [0.1, 0.15) is 64.9 Å². The van der Waals surface area contributed by atoms with Crippen molar-refractivity contribution in [2.75, 3.05) is 13.2 Å². The monoisotopic (exact) mass is 364 g/mol. The van der Waals surface area contributed by atoms with Crippen molar-refractivity contribution < 1.29 is 18.7 Å². The lowest BCUT2D eigenvalue weighted by Gasteiger charge is -2.19. The first-order valence-electron chi connectivity index (χ1n) is 9.11. The van der Waals surface area contributed by atoms with Crippen LogP contribution in [-0.2, 0) is 4.74 Å². The van der Waals surface area contributed by atoms with Crippen LogP contribution in [0.5, 0.6) is 5.75 Å². The molecule has 5 nitrogen and oxygen atoms in total. The summed E-state index contributed by atoms with van der Waals surface area (Å²) in [6, 6.07) is 6.07. The summed E-state index contributed by atoms with van der Waals surface area (Å²) in [4.78, 5) is 11.5. The SMILES string of the molecule is CC(C)(C)OC(=O)NCCCCCCCCOc1ccc(C#N)c(F)c1. The molecule has 0 radical (unpaired) electrons. The highest BCUT2D eigenvalue weighted by molar-refractivity contribution is 5.67. The van der Waals surface area contributed by atoms with Gasteiger partial charge in [0.2, 0.25) is 0 Å². The Morgan fingerprint density at radius 1 is 1.15 bits per heavy atom. The third kappa shape index (κ3) is 9.87. The summed E-state index contributed by atoms with van der Waals surface area (Å²) in [5.74, 6) is -0.0975. The highest BCUT2D eigenvalue weighted by atomic mass is 19.1. The van der Waals surface area contributed by atoms with Gasteiger partial charge in [0.25, 0.3) is 0 Å². The fourth-order valence-electron chi connectivity index (χ4n) is 2.31. The zero-order valence-corrected chi connectivity index (χ0v) is 15.9. The van der Waals surface area contributed by atoms with E-state index >= 15 is 0 Å². The number of carbonyl (C=O) groups excluding carboxylic acids is 1. The van der Waals surface area contributed by atoms with Crippen molar-refractivity contribution in [2.24, 2.45) is 0 Å². The van der Waals surface area contributed by atoms with Crippen LogP contribution in [0, 0.1) is 17.1 Å². The summed E-state index contributed by atoms with van der Waals surface area (Å²) in [6.07, 6.45) is 5.75. The first-order valence-corrected chi connectivity index (χ1v) is 9.11. The largest absolute Gasteiger partial charge is 0.493 e. The van der Waals surface area contributed by atoms with Crippen molar-refractivity contribution in [3.63, 3.8) is 0 Å². The molecule has 1 aromatic carbocycles. The van der Waals surface area contributed by atoms with E-state index in [-0.39, 0.29) is 11.7 Å². The van der Waals surface area contributed by atoms with Crippen molar-refractivity contribution in [1.29, 1.82) is 5.26 Å². The molecule has 1 amide bonds. The van der Waals surface area contributed by atoms with Gasteiger partial charge in [-0.2, -0.15) is 5.26 Å². The third-order valence-corrected chi connectivity index (χ3v) is 3.57. The lowest BCUT2D eigenvalue weighted by Crippen LogP contribution is -2.32. The van der Waals surface area contributed by atoms with Gasteiger partial charge in [-0.1, -0.05) is 25.7 Å². The second-order valence-corrected chi connectivity index (χ2v) is 7.15. The molecule has 1 aromatic rings. The number of alkyl carbamates (subject to hydrolysis) is 1. The number of hydrogen-bond donors (Lipinski definition) is 1. The Morgan fingerprint density at radius 3 is 2.42 bits per heavy atom. The average Bonchev–Trinajstić information content (AvgIpc) is 2.55. The van der Waals surface area contributed by atoms with E-state index in [9.17, 15) is 9.18 Å². The number of hydrogen-bond acceptors (Lipinski definition) is 4. The van der Waals surface area contributed by atoms with Crippen LogP contribution in [0.3, 0.4) is 0 Å². The predicted octanol–water partition coefficient (Wildman–Crippen LogP) is 4.94. The Balaban J connectivity index is 1.97. The number of nitriles is 1. The summed E-state index contributed by atoms with van der Waals surface area (Å²) in [5, 5.41) is 11.4. The molecule has 144 valence electrons.